The fraction of sp³-hybridized carbons (Fsp3) is 0. The summed E-state index contributed by atoms with van der Waals surface area (Å²) in [4.78, 5) is 0. The molecular weight excluding hydrogens is 295 g/mol. The molecule has 3 heteroatoms. The number of hydrogen-bond donors (Lipinski definition) is 0. The van der Waals surface area contributed by atoms with E-state index in [1.807, 2.05) is 36.4 Å². The topological polar surface area (TPSA) is 9.23 Å². The van der Waals surface area contributed by atoms with Crippen LogP contribution in [0.2, 0.25) is 0 Å². The molecule has 21 heavy (non-hydrogen) atoms. The molecule has 3 aromatic carbocycles. The summed E-state index contributed by atoms with van der Waals surface area (Å²) in [6, 6.07) is 26.6. The maximum atomic E-state index is 5.76. The first kappa shape index (κ1) is 13.9. The molecule has 0 amide bonds. The normalized spacial score (nSPS) is 10.5. The molecule has 0 saturated heterocycles. The molecule has 0 bridgehead atoms. The average Bonchev–Trinajstić information content (AvgIpc) is 2.57. The van der Waals surface area contributed by atoms with E-state index in [1.54, 1.807) is 0 Å². The first-order chi connectivity index (χ1) is 10.4. The molecule has 0 atom stereocenters. The third kappa shape index (κ3) is 3.02. The summed E-state index contributed by atoms with van der Waals surface area (Å²) in [6.45, 7) is 0. The molecule has 0 unspecified atom stereocenters. The zero-order valence-corrected chi connectivity index (χ0v) is 13.0. The summed E-state index contributed by atoms with van der Waals surface area (Å²) < 4.78 is 5.76. The molecule has 1 nitrogen and oxygen atoms in total. The third-order valence-electron chi connectivity index (χ3n) is 3.31. The predicted octanol–water partition coefficient (Wildman–Crippen LogP) is 5.72. The van der Waals surface area contributed by atoms with E-state index >= 15 is 0 Å². The second-order valence-electron chi connectivity index (χ2n) is 4.58. The van der Waals surface area contributed by atoms with Crippen molar-refractivity contribution < 1.29 is 4.52 Å². The Kier molecular flexibility index (Phi) is 4.40. The number of para-hydroxylation sites is 1. The molecule has 0 N–H and O–H groups in total. The van der Waals surface area contributed by atoms with Crippen LogP contribution in [-0.4, -0.2) is 0 Å². The Balaban J connectivity index is 2.20. The van der Waals surface area contributed by atoms with Gasteiger partial charge >= 0.3 is 0 Å². The van der Waals surface area contributed by atoms with Crippen LogP contribution in [0.3, 0.4) is 0 Å². The summed E-state index contributed by atoms with van der Waals surface area (Å²) in [5.74, 6) is 0.839. The zero-order valence-electron chi connectivity index (χ0n) is 11.3. The molecule has 3 rings (SSSR count). The fourth-order valence-electron chi connectivity index (χ4n) is 2.36. The predicted molar refractivity (Wildman–Crippen MR) is 92.2 cm³/mol. The van der Waals surface area contributed by atoms with Gasteiger partial charge in [0.25, 0.3) is 0 Å². The van der Waals surface area contributed by atoms with Crippen molar-refractivity contribution in [1.29, 1.82) is 0 Å². The van der Waals surface area contributed by atoms with Gasteiger partial charge in [0.05, 0.1) is 0 Å². The summed E-state index contributed by atoms with van der Waals surface area (Å²) in [5, 5.41) is 0. The highest BCUT2D eigenvalue weighted by Gasteiger charge is 2.12. The van der Waals surface area contributed by atoms with Crippen LogP contribution in [0, 0.1) is 0 Å². The van der Waals surface area contributed by atoms with Crippen LogP contribution in [0.1, 0.15) is 0 Å². The molecule has 0 saturated carbocycles. The Labute approximate surface area is 131 Å². The van der Waals surface area contributed by atoms with E-state index in [-0.39, 0.29) is 0 Å². The van der Waals surface area contributed by atoms with E-state index in [4.69, 9.17) is 16.3 Å². The molecule has 102 valence electrons. The van der Waals surface area contributed by atoms with Gasteiger partial charge in [-0.25, -0.2) is 0 Å². The monoisotopic (exact) mass is 308 g/mol. The van der Waals surface area contributed by atoms with Crippen LogP contribution in [0.25, 0.3) is 22.3 Å². The zero-order chi connectivity index (χ0) is 14.5. The average molecular weight is 308 g/mol. The standard InChI is InChI=1S/C18H13OPS/c21-20-19-18-16(14-8-3-1-4-9-14)12-7-13-17(18)15-10-5-2-6-11-15/h1-13H. The van der Waals surface area contributed by atoms with Crippen LogP contribution in [0.4, 0.5) is 0 Å². The highest BCUT2D eigenvalue weighted by atomic mass is 32.4. The first-order valence-corrected chi connectivity index (χ1v) is 8.46. The van der Waals surface area contributed by atoms with Gasteiger partial charge in [-0.15, -0.1) is 0 Å². The number of hydrogen-bond acceptors (Lipinski definition) is 2. The first-order valence-electron chi connectivity index (χ1n) is 6.63. The van der Waals surface area contributed by atoms with Crippen molar-refractivity contribution in [2.24, 2.45) is 0 Å². The summed E-state index contributed by atoms with van der Waals surface area (Å²) in [6.07, 6.45) is 0. The van der Waals surface area contributed by atoms with Gasteiger partial charge in [-0.05, 0) is 22.9 Å². The van der Waals surface area contributed by atoms with E-state index in [2.05, 4.69) is 42.5 Å². The molecule has 0 aliphatic carbocycles. The lowest BCUT2D eigenvalue weighted by molar-refractivity contribution is 0.649. The molecule has 0 radical (unpaired) electrons. The highest BCUT2D eigenvalue weighted by molar-refractivity contribution is 7.94. The van der Waals surface area contributed by atoms with Crippen molar-refractivity contribution in [2.45, 2.75) is 0 Å². The molecule has 0 aliphatic heterocycles. The Bertz CT molecular complexity index is 684. The van der Waals surface area contributed by atoms with E-state index in [9.17, 15) is 0 Å². The second-order valence-corrected chi connectivity index (χ2v) is 5.36. The lowest BCUT2D eigenvalue weighted by Gasteiger charge is -2.13. The van der Waals surface area contributed by atoms with Crippen molar-refractivity contribution >= 4 is 19.4 Å². The smallest absolute Gasteiger partial charge is 0.205 e. The molecule has 0 heterocycles. The van der Waals surface area contributed by atoms with Crippen LogP contribution in [0.15, 0.2) is 78.9 Å². The Morgan fingerprint density at radius 3 is 1.52 bits per heavy atom. The number of benzene rings is 3. The highest BCUT2D eigenvalue weighted by Crippen LogP contribution is 2.40. The van der Waals surface area contributed by atoms with Crippen LogP contribution >= 0.6 is 7.58 Å². The van der Waals surface area contributed by atoms with Crippen LogP contribution in [-0.2, 0) is 11.8 Å². The van der Waals surface area contributed by atoms with Crippen molar-refractivity contribution in [3.8, 4) is 28.0 Å². The van der Waals surface area contributed by atoms with Gasteiger partial charge < -0.3 is 4.52 Å². The Hall–Kier alpha value is -2.02. The van der Waals surface area contributed by atoms with E-state index in [1.165, 1.54) is 0 Å². The van der Waals surface area contributed by atoms with E-state index in [0.717, 1.165) is 28.0 Å². The minimum absolute atomic E-state index is 0.478. The van der Waals surface area contributed by atoms with Gasteiger partial charge in [0.2, 0.25) is 7.58 Å². The summed E-state index contributed by atoms with van der Waals surface area (Å²) in [7, 11) is 0.478. The third-order valence-corrected chi connectivity index (χ3v) is 3.79. The van der Waals surface area contributed by atoms with Crippen molar-refractivity contribution in [2.75, 3.05) is 0 Å². The van der Waals surface area contributed by atoms with Gasteiger partial charge in [0.1, 0.15) is 5.75 Å². The molecule has 0 spiro atoms. The van der Waals surface area contributed by atoms with Crippen molar-refractivity contribution in [3.05, 3.63) is 78.9 Å². The van der Waals surface area contributed by atoms with Gasteiger partial charge in [-0.2, -0.15) is 0 Å². The molecule has 0 aliphatic rings. The Morgan fingerprint density at radius 1 is 0.619 bits per heavy atom. The maximum absolute atomic E-state index is 5.76. The van der Waals surface area contributed by atoms with Gasteiger partial charge in [-0.3, -0.25) is 0 Å². The maximum Gasteiger partial charge on any atom is 0.205 e. The lowest BCUT2D eigenvalue weighted by Crippen LogP contribution is -1.88. The van der Waals surface area contributed by atoms with Crippen LogP contribution < -0.4 is 4.52 Å². The molecule has 0 aromatic heterocycles. The number of rotatable bonds is 4. The van der Waals surface area contributed by atoms with Gasteiger partial charge in [0.15, 0.2) is 0 Å². The Morgan fingerprint density at radius 2 is 1.10 bits per heavy atom. The van der Waals surface area contributed by atoms with E-state index < -0.39 is 0 Å². The molecular formula is C18H13OPS. The summed E-state index contributed by atoms with van der Waals surface area (Å²) >= 11 is 5.00. The van der Waals surface area contributed by atoms with Crippen LogP contribution in [0.5, 0.6) is 5.75 Å². The van der Waals surface area contributed by atoms with E-state index in [0.29, 0.717) is 7.58 Å². The molecule has 3 aromatic rings. The molecule has 0 fully saturated rings. The minimum Gasteiger partial charge on any atom is -0.427 e. The van der Waals surface area contributed by atoms with Crippen molar-refractivity contribution in [1.82, 2.24) is 0 Å². The largest absolute Gasteiger partial charge is 0.427 e. The van der Waals surface area contributed by atoms with Gasteiger partial charge in [0, 0.05) is 11.1 Å². The summed E-state index contributed by atoms with van der Waals surface area (Å²) in [5.41, 5.74) is 4.39. The fourth-order valence-corrected chi connectivity index (χ4v) is 2.86. The van der Waals surface area contributed by atoms with Crippen molar-refractivity contribution in [3.63, 3.8) is 0 Å². The minimum atomic E-state index is 0.478. The lowest BCUT2D eigenvalue weighted by atomic mass is 9.97. The van der Waals surface area contributed by atoms with Gasteiger partial charge in [-0.1, -0.05) is 78.9 Å². The quantitative estimate of drug-likeness (QED) is 0.570. The second kappa shape index (κ2) is 6.62. The SMILES string of the molecule is S=POc1c(-c2ccccc2)cccc1-c1ccccc1.